The number of hydrogen-bond acceptors (Lipinski definition) is 6. The van der Waals surface area contributed by atoms with Crippen molar-refractivity contribution in [2.24, 2.45) is 0 Å². The molecule has 0 saturated heterocycles. The molecular formula is C32H65N2O6P. The molecular weight excluding hydrogens is 539 g/mol. The van der Waals surface area contributed by atoms with E-state index >= 15 is 0 Å². The Morgan fingerprint density at radius 1 is 0.829 bits per heavy atom. The van der Waals surface area contributed by atoms with Crippen molar-refractivity contribution in [1.82, 2.24) is 5.32 Å². The quantitative estimate of drug-likeness (QED) is 0.0410. The Morgan fingerprint density at radius 2 is 1.29 bits per heavy atom. The minimum Gasteiger partial charge on any atom is -0.756 e. The van der Waals surface area contributed by atoms with Crippen LogP contribution < -0.4 is 10.2 Å². The van der Waals surface area contributed by atoms with E-state index in [1.54, 1.807) is 13.0 Å². The van der Waals surface area contributed by atoms with Gasteiger partial charge in [-0.25, -0.2) is 0 Å². The molecule has 244 valence electrons. The van der Waals surface area contributed by atoms with Gasteiger partial charge in [-0.05, 0) is 12.8 Å². The van der Waals surface area contributed by atoms with E-state index in [4.69, 9.17) is 9.05 Å². The molecule has 0 spiro atoms. The summed E-state index contributed by atoms with van der Waals surface area (Å²) in [6.07, 6.45) is 26.2. The second kappa shape index (κ2) is 25.7. The Hall–Kier alpha value is -0.760. The zero-order valence-electron chi connectivity index (χ0n) is 27.2. The molecule has 0 aliphatic rings. The first kappa shape index (κ1) is 40.2. The topological polar surface area (TPSA) is 108 Å². The maximum atomic E-state index is 12.1. The van der Waals surface area contributed by atoms with E-state index in [9.17, 15) is 19.4 Å². The van der Waals surface area contributed by atoms with Gasteiger partial charge in [0, 0.05) is 6.42 Å². The van der Waals surface area contributed by atoms with Gasteiger partial charge in [0.25, 0.3) is 7.82 Å². The number of hydrogen-bond donors (Lipinski definition) is 2. The number of aliphatic hydroxyl groups excluding tert-OH is 1. The van der Waals surface area contributed by atoms with E-state index < -0.39 is 20.0 Å². The molecule has 8 nitrogen and oxygen atoms in total. The minimum atomic E-state index is -4.54. The molecule has 0 radical (unpaired) electrons. The number of amides is 1. The Labute approximate surface area is 252 Å². The highest BCUT2D eigenvalue weighted by molar-refractivity contribution is 7.45. The number of unbranched alkanes of at least 4 members (excludes halogenated alkanes) is 17. The third kappa shape index (κ3) is 27.8. The van der Waals surface area contributed by atoms with Gasteiger partial charge in [-0.2, -0.15) is 0 Å². The maximum absolute atomic E-state index is 12.1. The van der Waals surface area contributed by atoms with Crippen molar-refractivity contribution >= 4 is 13.7 Å². The van der Waals surface area contributed by atoms with Crippen molar-refractivity contribution < 1.29 is 32.9 Å². The lowest BCUT2D eigenvalue weighted by atomic mass is 10.0. The van der Waals surface area contributed by atoms with Crippen molar-refractivity contribution in [2.45, 2.75) is 148 Å². The van der Waals surface area contributed by atoms with Crippen molar-refractivity contribution in [3.05, 3.63) is 12.2 Å². The molecule has 41 heavy (non-hydrogen) atoms. The van der Waals surface area contributed by atoms with Crippen LogP contribution in [0.4, 0.5) is 0 Å². The lowest BCUT2D eigenvalue weighted by Crippen LogP contribution is -2.45. The van der Waals surface area contributed by atoms with Gasteiger partial charge in [0.2, 0.25) is 5.91 Å². The molecule has 2 N–H and O–H groups in total. The molecule has 0 fully saturated rings. The van der Waals surface area contributed by atoms with Crippen LogP contribution in [0.2, 0.25) is 0 Å². The third-order valence-electron chi connectivity index (χ3n) is 7.31. The Morgan fingerprint density at radius 3 is 1.73 bits per heavy atom. The molecule has 0 aliphatic carbocycles. The fraction of sp³-hybridized carbons (Fsp3) is 0.906. The summed E-state index contributed by atoms with van der Waals surface area (Å²) in [5.74, 6) is -0.286. The fourth-order valence-electron chi connectivity index (χ4n) is 4.53. The molecule has 0 heterocycles. The zero-order chi connectivity index (χ0) is 30.8. The summed E-state index contributed by atoms with van der Waals surface area (Å²) in [7, 11) is 1.25. The highest BCUT2D eigenvalue weighted by Gasteiger charge is 2.22. The average molecular weight is 605 g/mol. The first-order valence-electron chi connectivity index (χ1n) is 16.6. The number of allylic oxidation sites excluding steroid dienone is 1. The number of phosphoric ester groups is 1. The van der Waals surface area contributed by atoms with Gasteiger partial charge >= 0.3 is 0 Å². The van der Waals surface area contributed by atoms with Crippen molar-refractivity contribution in [2.75, 3.05) is 40.9 Å². The van der Waals surface area contributed by atoms with Gasteiger partial charge in [-0.15, -0.1) is 0 Å². The van der Waals surface area contributed by atoms with Crippen LogP contribution in [0.1, 0.15) is 136 Å². The monoisotopic (exact) mass is 604 g/mol. The summed E-state index contributed by atoms with van der Waals surface area (Å²) >= 11 is 0. The van der Waals surface area contributed by atoms with Crippen LogP contribution in [0, 0.1) is 0 Å². The van der Waals surface area contributed by atoms with E-state index in [0.717, 1.165) is 19.3 Å². The van der Waals surface area contributed by atoms with Crippen molar-refractivity contribution in [1.29, 1.82) is 0 Å². The minimum absolute atomic E-state index is 0.00191. The Bertz CT molecular complexity index is 698. The molecule has 1 amide bonds. The fourth-order valence-corrected chi connectivity index (χ4v) is 5.25. The molecule has 3 atom stereocenters. The molecule has 0 aromatic rings. The second-order valence-electron chi connectivity index (χ2n) is 12.5. The standard InChI is InChI=1S/C32H65N2O6P/c1-6-8-9-10-11-12-13-14-15-16-17-18-19-20-21-22-23-24-25-26-31(35)30(33-32(36)7-2)29-40-41(37,38)39-28-27-34(3,4)5/h25-26,30-31,35H,6-24,27-29H2,1-5H3,(H-,33,36,37,38)/b26-25+. The van der Waals surface area contributed by atoms with E-state index in [0.29, 0.717) is 11.0 Å². The summed E-state index contributed by atoms with van der Waals surface area (Å²) < 4.78 is 22.6. The largest absolute Gasteiger partial charge is 0.756 e. The van der Waals surface area contributed by atoms with Crippen LogP contribution in [0.5, 0.6) is 0 Å². The molecule has 0 saturated carbocycles. The summed E-state index contributed by atoms with van der Waals surface area (Å²) in [5.41, 5.74) is 0. The van der Waals surface area contributed by atoms with Crippen LogP contribution in [-0.2, 0) is 18.4 Å². The number of likely N-dealkylation sites (N-methyl/N-ethyl adjacent to an activating group) is 1. The number of aliphatic hydroxyl groups is 1. The second-order valence-corrected chi connectivity index (χ2v) is 13.9. The van der Waals surface area contributed by atoms with E-state index in [1.165, 1.54) is 96.3 Å². The lowest BCUT2D eigenvalue weighted by Gasteiger charge is -2.29. The average Bonchev–Trinajstić information content (AvgIpc) is 2.91. The maximum Gasteiger partial charge on any atom is 0.268 e. The van der Waals surface area contributed by atoms with Crippen LogP contribution in [0.3, 0.4) is 0 Å². The number of nitrogens with zero attached hydrogens (tertiary/aromatic N) is 1. The highest BCUT2D eigenvalue weighted by atomic mass is 31.2. The normalized spacial score (nSPS) is 15.2. The molecule has 0 aromatic heterocycles. The molecule has 3 unspecified atom stereocenters. The van der Waals surface area contributed by atoms with Crippen molar-refractivity contribution in [3.63, 3.8) is 0 Å². The Kier molecular flexibility index (Phi) is 25.2. The first-order chi connectivity index (χ1) is 19.5. The summed E-state index contributed by atoms with van der Waals surface area (Å²) in [6, 6.07) is -0.876. The van der Waals surface area contributed by atoms with Gasteiger partial charge in [-0.1, -0.05) is 129 Å². The van der Waals surface area contributed by atoms with Gasteiger partial charge in [0.05, 0.1) is 39.9 Å². The summed E-state index contributed by atoms with van der Waals surface area (Å²) in [6.45, 7) is 4.07. The number of quaternary nitrogens is 1. The zero-order valence-corrected chi connectivity index (χ0v) is 28.1. The van der Waals surface area contributed by atoms with Crippen LogP contribution in [0.15, 0.2) is 12.2 Å². The number of carbonyl (C=O) groups is 1. The lowest BCUT2D eigenvalue weighted by molar-refractivity contribution is -0.870. The molecule has 0 aliphatic heterocycles. The van der Waals surface area contributed by atoms with E-state index in [2.05, 4.69) is 12.2 Å². The Balaban J connectivity index is 3.99. The predicted molar refractivity (Wildman–Crippen MR) is 169 cm³/mol. The number of rotatable bonds is 29. The molecule has 0 bridgehead atoms. The number of carbonyl (C=O) groups excluding carboxylic acids is 1. The van der Waals surface area contributed by atoms with E-state index in [1.807, 2.05) is 27.2 Å². The summed E-state index contributed by atoms with van der Waals surface area (Å²) in [5, 5.41) is 13.2. The van der Waals surface area contributed by atoms with Gasteiger partial charge < -0.3 is 28.8 Å². The molecule has 9 heteroatoms. The van der Waals surface area contributed by atoms with Crippen molar-refractivity contribution in [3.8, 4) is 0 Å². The highest BCUT2D eigenvalue weighted by Crippen LogP contribution is 2.38. The molecule has 0 rings (SSSR count). The third-order valence-corrected chi connectivity index (χ3v) is 8.28. The number of nitrogens with one attached hydrogen (secondary N) is 1. The molecule has 0 aromatic carbocycles. The smallest absolute Gasteiger partial charge is 0.268 e. The van der Waals surface area contributed by atoms with Crippen LogP contribution >= 0.6 is 7.82 Å². The van der Waals surface area contributed by atoms with Crippen LogP contribution in [-0.4, -0.2) is 68.5 Å². The predicted octanol–water partition coefficient (Wildman–Crippen LogP) is 7.05. The summed E-state index contributed by atoms with van der Waals surface area (Å²) in [4.78, 5) is 24.0. The van der Waals surface area contributed by atoms with Gasteiger partial charge in [0.1, 0.15) is 13.2 Å². The van der Waals surface area contributed by atoms with Crippen LogP contribution in [0.25, 0.3) is 0 Å². The first-order valence-corrected chi connectivity index (χ1v) is 18.0. The van der Waals surface area contributed by atoms with Gasteiger partial charge in [0.15, 0.2) is 0 Å². The SMILES string of the molecule is CCCCCCCCCCCCCCCCCCC/C=C/C(O)C(COP(=O)([O-])OCC[N+](C)(C)C)NC(=O)CC. The van der Waals surface area contributed by atoms with Gasteiger partial charge in [-0.3, -0.25) is 9.36 Å². The van der Waals surface area contributed by atoms with E-state index in [-0.39, 0.29) is 25.5 Å². The number of phosphoric acid groups is 1.